The second kappa shape index (κ2) is 9.47. The van der Waals surface area contributed by atoms with Crippen LogP contribution in [0, 0.1) is 0 Å². The molecule has 0 saturated heterocycles. The minimum Gasteiger partial charge on any atom is -0.492 e. The Kier molecular flexibility index (Phi) is 7.32. The smallest absolute Gasteiger partial charge is 0.405 e. The molecule has 26 heavy (non-hydrogen) atoms. The predicted octanol–water partition coefficient (Wildman–Crippen LogP) is 5.22. The summed E-state index contributed by atoms with van der Waals surface area (Å²) in [5.74, 6) is 0.400. The van der Waals surface area contributed by atoms with E-state index in [-0.39, 0.29) is 18.0 Å². The minimum atomic E-state index is -4.33. The average Bonchev–Trinajstić information content (AvgIpc) is 2.59. The molecule has 0 unspecified atom stereocenters. The third-order valence-corrected chi connectivity index (χ3v) is 3.98. The fraction of sp³-hybridized carbons (Fsp3) is 0.278. The maximum Gasteiger partial charge on any atom is 0.405 e. The molecule has 0 aliphatic heterocycles. The van der Waals surface area contributed by atoms with Gasteiger partial charge in [0.25, 0.3) is 0 Å². The summed E-state index contributed by atoms with van der Waals surface area (Å²) in [5, 5.41) is 4.91. The van der Waals surface area contributed by atoms with E-state index < -0.39 is 12.7 Å². The molecule has 0 bridgehead atoms. The molecule has 0 fully saturated rings. The third kappa shape index (κ3) is 6.95. The summed E-state index contributed by atoms with van der Waals surface area (Å²) in [6.07, 6.45) is -3.66. The van der Waals surface area contributed by atoms with Crippen molar-refractivity contribution in [2.24, 2.45) is 0 Å². The van der Waals surface area contributed by atoms with Gasteiger partial charge in [-0.3, -0.25) is 4.79 Å². The molecule has 0 aliphatic rings. The molecule has 0 aliphatic carbocycles. The number of carbonyl (C=O) groups excluding carboxylic acids is 1. The molecule has 2 N–H and O–H groups in total. The summed E-state index contributed by atoms with van der Waals surface area (Å²) in [6, 6.07) is 13.7. The fourth-order valence-electron chi connectivity index (χ4n) is 2.13. The predicted molar refractivity (Wildman–Crippen MR) is 98.5 cm³/mol. The minimum absolute atomic E-state index is 0.193. The number of carbonyl (C=O) groups is 1. The van der Waals surface area contributed by atoms with E-state index in [0.717, 1.165) is 4.47 Å². The van der Waals surface area contributed by atoms with Crippen molar-refractivity contribution in [3.8, 4) is 5.75 Å². The standard InChI is InChI=1S/C18H18BrF3N2O2/c19-13-6-1-4-9-16(13)26-11-5-10-17(25)24-15-8-3-2-7-14(15)23-12-18(20,21)22/h1-4,6-9,23H,5,10-12H2,(H,24,25). The van der Waals surface area contributed by atoms with E-state index in [9.17, 15) is 18.0 Å². The van der Waals surface area contributed by atoms with Crippen LogP contribution in [0.2, 0.25) is 0 Å². The quantitative estimate of drug-likeness (QED) is 0.564. The lowest BCUT2D eigenvalue weighted by atomic mass is 10.2. The molecular formula is C18H18BrF3N2O2. The van der Waals surface area contributed by atoms with Gasteiger partial charge in [0.1, 0.15) is 12.3 Å². The van der Waals surface area contributed by atoms with Crippen LogP contribution in [0.15, 0.2) is 53.0 Å². The monoisotopic (exact) mass is 430 g/mol. The lowest BCUT2D eigenvalue weighted by Gasteiger charge is -2.14. The number of halogens is 4. The van der Waals surface area contributed by atoms with E-state index in [1.165, 1.54) is 6.07 Å². The van der Waals surface area contributed by atoms with Gasteiger partial charge in [0.15, 0.2) is 0 Å². The van der Waals surface area contributed by atoms with Gasteiger partial charge in [0.2, 0.25) is 5.91 Å². The van der Waals surface area contributed by atoms with Crippen molar-refractivity contribution in [2.75, 3.05) is 23.8 Å². The van der Waals surface area contributed by atoms with Crippen molar-refractivity contribution >= 4 is 33.2 Å². The van der Waals surface area contributed by atoms with Crippen LogP contribution in [0.25, 0.3) is 0 Å². The zero-order valence-electron chi connectivity index (χ0n) is 13.8. The summed E-state index contributed by atoms with van der Waals surface area (Å²) in [5.41, 5.74) is 0.538. The molecule has 2 rings (SSSR count). The molecule has 0 radical (unpaired) electrons. The highest BCUT2D eigenvalue weighted by Gasteiger charge is 2.27. The van der Waals surface area contributed by atoms with Gasteiger partial charge in [-0.15, -0.1) is 0 Å². The summed E-state index contributed by atoms with van der Waals surface area (Å²) in [7, 11) is 0. The average molecular weight is 431 g/mol. The molecular weight excluding hydrogens is 413 g/mol. The number of alkyl halides is 3. The van der Waals surface area contributed by atoms with Crippen LogP contribution >= 0.6 is 15.9 Å². The Morgan fingerprint density at radius 1 is 1.04 bits per heavy atom. The molecule has 0 aromatic heterocycles. The van der Waals surface area contributed by atoms with Gasteiger partial charge in [-0.05, 0) is 46.6 Å². The van der Waals surface area contributed by atoms with Crippen molar-refractivity contribution in [3.05, 3.63) is 53.0 Å². The highest BCUT2D eigenvalue weighted by Crippen LogP contribution is 2.25. The number of nitrogens with one attached hydrogen (secondary N) is 2. The lowest BCUT2D eigenvalue weighted by molar-refractivity contribution is -0.116. The molecule has 0 spiro atoms. The molecule has 8 heteroatoms. The van der Waals surface area contributed by atoms with Crippen LogP contribution in [0.3, 0.4) is 0 Å². The van der Waals surface area contributed by atoms with E-state index in [2.05, 4.69) is 26.6 Å². The zero-order chi connectivity index (χ0) is 19.0. The highest BCUT2D eigenvalue weighted by molar-refractivity contribution is 9.10. The Morgan fingerprint density at radius 3 is 2.38 bits per heavy atom. The van der Waals surface area contributed by atoms with E-state index in [4.69, 9.17) is 4.74 Å². The number of rotatable bonds is 8. The molecule has 2 aromatic rings. The normalized spacial score (nSPS) is 11.1. The van der Waals surface area contributed by atoms with Crippen LogP contribution in [-0.2, 0) is 4.79 Å². The maximum atomic E-state index is 12.3. The first-order chi connectivity index (χ1) is 12.3. The molecule has 140 valence electrons. The second-order valence-electron chi connectivity index (χ2n) is 5.44. The SMILES string of the molecule is O=C(CCCOc1ccccc1Br)Nc1ccccc1NCC(F)(F)F. The molecule has 2 aromatic carbocycles. The van der Waals surface area contributed by atoms with Crippen molar-refractivity contribution in [1.82, 2.24) is 0 Å². The Balaban J connectivity index is 1.80. The molecule has 0 heterocycles. The van der Waals surface area contributed by atoms with Crippen molar-refractivity contribution in [1.29, 1.82) is 0 Å². The highest BCUT2D eigenvalue weighted by atomic mass is 79.9. The molecule has 0 atom stereocenters. The first-order valence-electron chi connectivity index (χ1n) is 7.92. The first kappa shape index (κ1) is 20.1. The van der Waals surface area contributed by atoms with Gasteiger partial charge in [0.05, 0.1) is 22.5 Å². The van der Waals surface area contributed by atoms with Crippen LogP contribution < -0.4 is 15.4 Å². The second-order valence-corrected chi connectivity index (χ2v) is 6.30. The number of amides is 1. The summed E-state index contributed by atoms with van der Waals surface area (Å²) >= 11 is 3.37. The largest absolute Gasteiger partial charge is 0.492 e. The molecule has 1 amide bonds. The van der Waals surface area contributed by atoms with Crippen LogP contribution in [0.1, 0.15) is 12.8 Å². The number of ether oxygens (including phenoxy) is 1. The van der Waals surface area contributed by atoms with Gasteiger partial charge in [0, 0.05) is 6.42 Å². The maximum absolute atomic E-state index is 12.3. The van der Waals surface area contributed by atoms with E-state index >= 15 is 0 Å². The van der Waals surface area contributed by atoms with Gasteiger partial charge in [-0.2, -0.15) is 13.2 Å². The topological polar surface area (TPSA) is 50.4 Å². The zero-order valence-corrected chi connectivity index (χ0v) is 15.4. The Hall–Kier alpha value is -2.22. The summed E-state index contributed by atoms with van der Waals surface area (Å²) in [4.78, 5) is 12.0. The summed E-state index contributed by atoms with van der Waals surface area (Å²) in [6.45, 7) is -0.816. The van der Waals surface area contributed by atoms with E-state index in [1.54, 1.807) is 18.2 Å². The summed E-state index contributed by atoms with van der Waals surface area (Å²) < 4.78 is 43.4. The fourth-order valence-corrected chi connectivity index (χ4v) is 2.53. The van der Waals surface area contributed by atoms with E-state index in [0.29, 0.717) is 24.5 Å². The number of anilines is 2. The molecule has 4 nitrogen and oxygen atoms in total. The Labute approximate surface area is 157 Å². The Bertz CT molecular complexity index is 738. The third-order valence-electron chi connectivity index (χ3n) is 3.32. The van der Waals surface area contributed by atoms with Gasteiger partial charge in [-0.1, -0.05) is 24.3 Å². The van der Waals surface area contributed by atoms with Gasteiger partial charge >= 0.3 is 6.18 Å². The van der Waals surface area contributed by atoms with Gasteiger partial charge in [-0.25, -0.2) is 0 Å². The number of hydrogen-bond acceptors (Lipinski definition) is 3. The van der Waals surface area contributed by atoms with Crippen molar-refractivity contribution in [2.45, 2.75) is 19.0 Å². The number of para-hydroxylation sites is 3. The first-order valence-corrected chi connectivity index (χ1v) is 8.71. The van der Waals surface area contributed by atoms with Gasteiger partial charge < -0.3 is 15.4 Å². The van der Waals surface area contributed by atoms with Crippen molar-refractivity contribution < 1.29 is 22.7 Å². The number of benzene rings is 2. The van der Waals surface area contributed by atoms with E-state index in [1.807, 2.05) is 24.3 Å². The van der Waals surface area contributed by atoms with Crippen molar-refractivity contribution in [3.63, 3.8) is 0 Å². The number of hydrogen-bond donors (Lipinski definition) is 2. The van der Waals surface area contributed by atoms with Crippen LogP contribution in [0.5, 0.6) is 5.75 Å². The van der Waals surface area contributed by atoms with Crippen LogP contribution in [-0.4, -0.2) is 25.2 Å². The van der Waals surface area contributed by atoms with Crippen LogP contribution in [0.4, 0.5) is 24.5 Å². The lowest BCUT2D eigenvalue weighted by Crippen LogP contribution is -2.22. The Morgan fingerprint density at radius 2 is 1.69 bits per heavy atom. The molecule has 0 saturated carbocycles.